The van der Waals surface area contributed by atoms with Crippen molar-refractivity contribution in [3.8, 4) is 5.75 Å². The maximum Gasteiger partial charge on any atom is 0.325 e. The van der Waals surface area contributed by atoms with E-state index < -0.39 is 12.0 Å². The van der Waals surface area contributed by atoms with Crippen LogP contribution in [0.25, 0.3) is 10.9 Å². The number of aromatic amines is 1. The number of carbonyl (C=O) groups is 1. The summed E-state index contributed by atoms with van der Waals surface area (Å²) in [7, 11) is 1.61. The van der Waals surface area contributed by atoms with E-state index in [4.69, 9.17) is 4.74 Å². The number of nitrogens with zero attached hydrogens (tertiary/aromatic N) is 1. The summed E-state index contributed by atoms with van der Waals surface area (Å²) in [6, 6.07) is 13.3. The molecule has 2 aromatic carbocycles. The molecule has 1 aliphatic rings. The summed E-state index contributed by atoms with van der Waals surface area (Å²) in [6.07, 6.45) is 2.68. The lowest BCUT2D eigenvalue weighted by molar-refractivity contribution is -0.144. The average Bonchev–Trinajstić information content (AvgIpc) is 3.04. The van der Waals surface area contributed by atoms with Gasteiger partial charge in [0, 0.05) is 35.8 Å². The van der Waals surface area contributed by atoms with Crippen LogP contribution in [-0.2, 0) is 17.8 Å². The summed E-state index contributed by atoms with van der Waals surface area (Å²) in [5, 5.41) is 10.8. The lowest BCUT2D eigenvalue weighted by Crippen LogP contribution is -2.38. The summed E-state index contributed by atoms with van der Waals surface area (Å²) in [4.78, 5) is 17.3. The van der Waals surface area contributed by atoms with Gasteiger partial charge in [-0.1, -0.05) is 24.3 Å². The Hall–Kier alpha value is -2.79. The highest BCUT2D eigenvalue weighted by Gasteiger charge is 2.32. The van der Waals surface area contributed by atoms with Crippen LogP contribution in [0.3, 0.4) is 0 Å². The van der Waals surface area contributed by atoms with Gasteiger partial charge in [-0.3, -0.25) is 9.69 Å². The molecule has 4 rings (SSSR count). The molecule has 5 nitrogen and oxygen atoms in total. The van der Waals surface area contributed by atoms with Crippen LogP contribution in [0.5, 0.6) is 5.75 Å². The number of fused-ring (bicyclic) bond motifs is 2. The Kier molecular flexibility index (Phi) is 3.93. The van der Waals surface area contributed by atoms with Crippen LogP contribution >= 0.6 is 0 Å². The van der Waals surface area contributed by atoms with Crippen molar-refractivity contribution in [2.45, 2.75) is 19.0 Å². The summed E-state index contributed by atoms with van der Waals surface area (Å²) in [5.74, 6) is -0.107. The first-order chi connectivity index (χ1) is 12.2. The largest absolute Gasteiger partial charge is 0.497 e. The number of carboxylic acid groups (broad SMARTS) is 1. The summed E-state index contributed by atoms with van der Waals surface area (Å²) in [6.45, 7) is 1.37. The van der Waals surface area contributed by atoms with Gasteiger partial charge in [0.1, 0.15) is 11.8 Å². The zero-order valence-electron chi connectivity index (χ0n) is 14.0. The molecule has 25 heavy (non-hydrogen) atoms. The number of hydrogen-bond acceptors (Lipinski definition) is 3. The standard InChI is InChI=1S/C20H20N2O3/c1-25-15-6-7-18-16(10-15)17(11-21-18)19(20(23)24)22-9-8-13-4-2-3-5-14(13)12-22/h2-7,10-11,19,21H,8-9,12H2,1H3,(H,23,24)/t19-/m1/s1. The van der Waals surface area contributed by atoms with E-state index in [1.165, 1.54) is 11.1 Å². The second-order valence-corrected chi connectivity index (χ2v) is 6.39. The van der Waals surface area contributed by atoms with Gasteiger partial charge in [-0.2, -0.15) is 0 Å². The van der Waals surface area contributed by atoms with Crippen molar-refractivity contribution >= 4 is 16.9 Å². The zero-order chi connectivity index (χ0) is 17.4. The van der Waals surface area contributed by atoms with Gasteiger partial charge in [-0.25, -0.2) is 0 Å². The van der Waals surface area contributed by atoms with E-state index in [0.29, 0.717) is 6.54 Å². The lowest BCUT2D eigenvalue weighted by Gasteiger charge is -2.33. The van der Waals surface area contributed by atoms with E-state index in [9.17, 15) is 9.90 Å². The first-order valence-corrected chi connectivity index (χ1v) is 8.36. The number of aliphatic carboxylic acids is 1. The number of benzene rings is 2. The van der Waals surface area contributed by atoms with Crippen LogP contribution in [-0.4, -0.2) is 34.6 Å². The van der Waals surface area contributed by atoms with E-state index in [0.717, 1.165) is 35.2 Å². The molecule has 5 heteroatoms. The fourth-order valence-corrected chi connectivity index (χ4v) is 3.70. The Morgan fingerprint density at radius 3 is 2.80 bits per heavy atom. The quantitative estimate of drug-likeness (QED) is 0.767. The SMILES string of the molecule is COc1ccc2[nH]cc([C@H](C(=O)O)N3CCc4ccccc4C3)c2c1. The molecule has 0 aliphatic carbocycles. The maximum absolute atomic E-state index is 12.1. The Bertz CT molecular complexity index is 932. The van der Waals surface area contributed by atoms with Gasteiger partial charge in [0.05, 0.1) is 7.11 Å². The van der Waals surface area contributed by atoms with Crippen LogP contribution in [0.1, 0.15) is 22.7 Å². The predicted molar refractivity (Wildman–Crippen MR) is 95.8 cm³/mol. The number of aromatic nitrogens is 1. The third-order valence-electron chi connectivity index (χ3n) is 4.97. The van der Waals surface area contributed by atoms with Gasteiger partial charge in [0.2, 0.25) is 0 Å². The molecule has 0 spiro atoms. The smallest absolute Gasteiger partial charge is 0.325 e. The van der Waals surface area contributed by atoms with Crippen molar-refractivity contribution < 1.29 is 14.6 Å². The molecule has 1 atom stereocenters. The molecule has 2 N–H and O–H groups in total. The molecule has 0 saturated carbocycles. The molecule has 0 bridgehead atoms. The van der Waals surface area contributed by atoms with Crippen molar-refractivity contribution in [1.29, 1.82) is 0 Å². The number of rotatable bonds is 4. The molecular formula is C20H20N2O3. The Balaban J connectivity index is 1.75. The van der Waals surface area contributed by atoms with E-state index in [-0.39, 0.29) is 0 Å². The van der Waals surface area contributed by atoms with E-state index in [1.54, 1.807) is 7.11 Å². The molecule has 0 saturated heterocycles. The highest BCUT2D eigenvalue weighted by atomic mass is 16.5. The third-order valence-corrected chi connectivity index (χ3v) is 4.97. The first-order valence-electron chi connectivity index (χ1n) is 8.36. The van der Waals surface area contributed by atoms with Crippen molar-refractivity contribution in [1.82, 2.24) is 9.88 Å². The summed E-state index contributed by atoms with van der Waals surface area (Å²) in [5.41, 5.74) is 4.21. The third kappa shape index (κ3) is 2.76. The molecule has 3 aromatic rings. The molecule has 128 valence electrons. The Morgan fingerprint density at radius 2 is 2.04 bits per heavy atom. The number of ether oxygens (including phenoxy) is 1. The van der Waals surface area contributed by atoms with Crippen LogP contribution in [0.15, 0.2) is 48.7 Å². The molecule has 2 heterocycles. The second kappa shape index (κ2) is 6.26. The van der Waals surface area contributed by atoms with E-state index in [1.807, 2.05) is 41.4 Å². The fraction of sp³-hybridized carbons (Fsp3) is 0.250. The predicted octanol–water partition coefficient (Wildman–Crippen LogP) is 3.36. The van der Waals surface area contributed by atoms with Crippen molar-refractivity contribution in [3.05, 3.63) is 65.4 Å². The molecule has 0 unspecified atom stereocenters. The van der Waals surface area contributed by atoms with Gasteiger partial charge in [0.15, 0.2) is 0 Å². The lowest BCUT2D eigenvalue weighted by atomic mass is 9.96. The minimum Gasteiger partial charge on any atom is -0.497 e. The minimum absolute atomic E-state index is 0.643. The van der Waals surface area contributed by atoms with Crippen LogP contribution < -0.4 is 4.74 Å². The van der Waals surface area contributed by atoms with Gasteiger partial charge in [0.25, 0.3) is 0 Å². The highest BCUT2D eigenvalue weighted by molar-refractivity contribution is 5.90. The monoisotopic (exact) mass is 336 g/mol. The van der Waals surface area contributed by atoms with Crippen LogP contribution in [0, 0.1) is 0 Å². The van der Waals surface area contributed by atoms with E-state index >= 15 is 0 Å². The van der Waals surface area contributed by atoms with Gasteiger partial charge < -0.3 is 14.8 Å². The van der Waals surface area contributed by atoms with Gasteiger partial charge in [-0.15, -0.1) is 0 Å². The normalized spacial score (nSPS) is 15.7. The van der Waals surface area contributed by atoms with Crippen LogP contribution in [0.2, 0.25) is 0 Å². The zero-order valence-corrected chi connectivity index (χ0v) is 14.0. The summed E-state index contributed by atoms with van der Waals surface area (Å²) >= 11 is 0. The molecule has 0 radical (unpaired) electrons. The van der Waals surface area contributed by atoms with Crippen molar-refractivity contribution in [2.75, 3.05) is 13.7 Å². The molecule has 1 aliphatic heterocycles. The molecule has 0 fully saturated rings. The number of hydrogen-bond donors (Lipinski definition) is 2. The first kappa shape index (κ1) is 15.7. The number of methoxy groups -OCH3 is 1. The fourth-order valence-electron chi connectivity index (χ4n) is 3.70. The van der Waals surface area contributed by atoms with Gasteiger partial charge in [-0.05, 0) is 35.7 Å². The molecule has 0 amide bonds. The highest BCUT2D eigenvalue weighted by Crippen LogP contribution is 2.33. The maximum atomic E-state index is 12.1. The number of carboxylic acids is 1. The number of H-pyrrole nitrogens is 1. The topological polar surface area (TPSA) is 65.6 Å². The minimum atomic E-state index is -0.830. The second-order valence-electron chi connectivity index (χ2n) is 6.39. The van der Waals surface area contributed by atoms with Crippen molar-refractivity contribution in [2.24, 2.45) is 0 Å². The number of nitrogens with one attached hydrogen (secondary N) is 1. The van der Waals surface area contributed by atoms with Crippen LogP contribution in [0.4, 0.5) is 0 Å². The van der Waals surface area contributed by atoms with Gasteiger partial charge >= 0.3 is 5.97 Å². The molecular weight excluding hydrogens is 316 g/mol. The Morgan fingerprint density at radius 1 is 1.24 bits per heavy atom. The average molecular weight is 336 g/mol. The molecule has 1 aromatic heterocycles. The van der Waals surface area contributed by atoms with Crippen molar-refractivity contribution in [3.63, 3.8) is 0 Å². The van der Waals surface area contributed by atoms with E-state index in [2.05, 4.69) is 17.1 Å². The summed E-state index contributed by atoms with van der Waals surface area (Å²) < 4.78 is 5.30. The Labute approximate surface area is 145 Å².